The predicted molar refractivity (Wildman–Crippen MR) is 83.3 cm³/mol. The molecule has 0 unspecified atom stereocenters. The molecule has 0 radical (unpaired) electrons. The van der Waals surface area contributed by atoms with Gasteiger partial charge in [0, 0.05) is 0 Å². The summed E-state index contributed by atoms with van der Waals surface area (Å²) in [5.41, 5.74) is 0. The van der Waals surface area contributed by atoms with Crippen molar-refractivity contribution in [3.8, 4) is 0 Å². The Balaban J connectivity index is 2.30. The molecule has 0 amide bonds. The topological polar surface area (TPSA) is 0 Å². The van der Waals surface area contributed by atoms with Crippen LogP contribution >= 0.6 is 45.2 Å². The van der Waals surface area contributed by atoms with Gasteiger partial charge in [0.05, 0.1) is 0 Å². The monoisotopic (exact) mass is 486 g/mol. The van der Waals surface area contributed by atoms with E-state index in [4.69, 9.17) is 0 Å². The summed E-state index contributed by atoms with van der Waals surface area (Å²) in [7, 11) is 0. The average Bonchev–Trinajstić information content (AvgIpc) is 2.24. The van der Waals surface area contributed by atoms with Gasteiger partial charge in [-0.25, -0.2) is 0 Å². The van der Waals surface area contributed by atoms with E-state index in [1.54, 1.807) is 0 Å². The van der Waals surface area contributed by atoms with Gasteiger partial charge in [-0.05, 0) is 0 Å². The van der Waals surface area contributed by atoms with Gasteiger partial charge < -0.3 is 0 Å². The minimum absolute atomic E-state index is 0.426. The molecule has 0 aliphatic heterocycles. The van der Waals surface area contributed by atoms with E-state index in [9.17, 15) is 0 Å². The van der Waals surface area contributed by atoms with Gasteiger partial charge in [-0.3, -0.25) is 0 Å². The van der Waals surface area contributed by atoms with Crippen LogP contribution in [-0.2, 0) is 0 Å². The summed E-state index contributed by atoms with van der Waals surface area (Å²) in [6.45, 7) is 0. The van der Waals surface area contributed by atoms with Gasteiger partial charge >= 0.3 is 125 Å². The van der Waals surface area contributed by atoms with E-state index in [0.29, 0.717) is 15.0 Å². The zero-order chi connectivity index (χ0) is 10.7. The van der Waals surface area contributed by atoms with Gasteiger partial charge in [-0.1, -0.05) is 0 Å². The summed E-state index contributed by atoms with van der Waals surface area (Å²) >= 11 is 5.25. The Labute approximate surface area is 123 Å². The van der Waals surface area contributed by atoms with Crippen LogP contribution in [0.25, 0.3) is 0 Å². The molecule has 0 heterocycles. The molecule has 3 heteroatoms. The molecular weight excluding hydrogens is 477 g/mol. The molecule has 0 saturated carbocycles. The van der Waals surface area contributed by atoms with Crippen LogP contribution in [0.15, 0.2) is 48.5 Å². The predicted octanol–water partition coefficient (Wildman–Crippen LogP) is 2.55. The zero-order valence-electron chi connectivity index (χ0n) is 7.78. The van der Waals surface area contributed by atoms with E-state index in [0.717, 1.165) is 0 Å². The molecule has 0 nitrogen and oxygen atoms in total. The molecule has 0 spiro atoms. The first kappa shape index (κ1) is 11.9. The molecule has 0 aromatic heterocycles. The van der Waals surface area contributed by atoms with Gasteiger partial charge in [-0.2, -0.15) is 0 Å². The Morgan fingerprint density at radius 2 is 1.07 bits per heavy atom. The molecule has 76 valence electrons. The molecule has 0 bridgehead atoms. The van der Waals surface area contributed by atoms with Crippen LogP contribution in [0.4, 0.5) is 0 Å². The summed E-state index contributed by atoms with van der Waals surface area (Å²) < 4.78 is 5.67. The Morgan fingerprint density at radius 3 is 1.47 bits per heavy atom. The molecule has 2 aromatic rings. The van der Waals surface area contributed by atoms with E-state index in [1.807, 2.05) is 0 Å². The van der Waals surface area contributed by atoms with Gasteiger partial charge in [0.1, 0.15) is 0 Å². The molecule has 0 aliphatic rings. The Hall–Kier alpha value is 0.419. The molecule has 0 aliphatic carbocycles. The summed E-state index contributed by atoms with van der Waals surface area (Å²) in [6, 6.07) is 17.2. The summed E-state index contributed by atoms with van der Waals surface area (Å²) in [6.07, 6.45) is 0. The van der Waals surface area contributed by atoms with Gasteiger partial charge in [0.2, 0.25) is 0 Å². The Morgan fingerprint density at radius 1 is 0.667 bits per heavy atom. The van der Waals surface area contributed by atoms with Crippen LogP contribution in [0, 0.1) is 7.14 Å². The number of benzene rings is 2. The fraction of sp³-hybridized carbons (Fsp3) is 0. The number of halogens is 2. The van der Waals surface area contributed by atoms with Crippen molar-refractivity contribution in [3.05, 3.63) is 55.7 Å². The maximum absolute atomic E-state index is 2.41. The van der Waals surface area contributed by atoms with E-state index >= 15 is 0 Å². The molecular formula is C12H8I2Se. The Bertz CT molecular complexity index is 425. The quantitative estimate of drug-likeness (QED) is 0.454. The second kappa shape index (κ2) is 5.66. The van der Waals surface area contributed by atoms with Crippen molar-refractivity contribution in [3.63, 3.8) is 0 Å². The third-order valence-corrected chi connectivity index (χ3v) is 7.84. The van der Waals surface area contributed by atoms with Crippen molar-refractivity contribution in [1.82, 2.24) is 0 Å². The first-order valence-corrected chi connectivity index (χ1v) is 8.31. The van der Waals surface area contributed by atoms with Crippen molar-refractivity contribution in [2.75, 3.05) is 0 Å². The minimum atomic E-state index is 0.426. The molecule has 15 heavy (non-hydrogen) atoms. The first-order chi connectivity index (χ1) is 7.27. The Kier molecular flexibility index (Phi) is 4.49. The van der Waals surface area contributed by atoms with Gasteiger partial charge in [0.15, 0.2) is 0 Å². The standard InChI is InChI=1S/C12H8I2Se/c13-9-5-1-3-7-11(9)15-12-8-4-2-6-10(12)14/h1-8H. The van der Waals surface area contributed by atoms with Gasteiger partial charge in [-0.15, -0.1) is 0 Å². The van der Waals surface area contributed by atoms with Crippen molar-refractivity contribution < 1.29 is 0 Å². The second-order valence-electron chi connectivity index (χ2n) is 2.96. The first-order valence-electron chi connectivity index (χ1n) is 4.44. The van der Waals surface area contributed by atoms with E-state index in [1.165, 1.54) is 16.1 Å². The SMILES string of the molecule is Ic1ccccc1[Se]c1ccccc1I. The summed E-state index contributed by atoms with van der Waals surface area (Å²) in [5, 5.41) is 0. The third-order valence-electron chi connectivity index (χ3n) is 1.89. The summed E-state index contributed by atoms with van der Waals surface area (Å²) in [5.74, 6) is 0. The average molecular weight is 485 g/mol. The van der Waals surface area contributed by atoms with Crippen LogP contribution in [0.2, 0.25) is 0 Å². The number of rotatable bonds is 2. The van der Waals surface area contributed by atoms with Crippen LogP contribution in [0.5, 0.6) is 0 Å². The van der Waals surface area contributed by atoms with Crippen LogP contribution < -0.4 is 8.92 Å². The van der Waals surface area contributed by atoms with E-state index in [-0.39, 0.29) is 0 Å². The van der Waals surface area contributed by atoms with Crippen LogP contribution in [-0.4, -0.2) is 15.0 Å². The zero-order valence-corrected chi connectivity index (χ0v) is 13.8. The van der Waals surface area contributed by atoms with Crippen LogP contribution in [0.1, 0.15) is 0 Å². The van der Waals surface area contributed by atoms with E-state index in [2.05, 4.69) is 93.7 Å². The number of hydrogen-bond donors (Lipinski definition) is 0. The molecule has 0 saturated heterocycles. The third kappa shape index (κ3) is 3.19. The van der Waals surface area contributed by atoms with Crippen molar-refractivity contribution in [1.29, 1.82) is 0 Å². The molecule has 2 rings (SSSR count). The fourth-order valence-electron chi connectivity index (χ4n) is 1.17. The van der Waals surface area contributed by atoms with Crippen molar-refractivity contribution in [2.24, 2.45) is 0 Å². The fourth-order valence-corrected chi connectivity index (χ4v) is 4.90. The molecule has 0 fully saturated rings. The normalized spacial score (nSPS) is 10.3. The van der Waals surface area contributed by atoms with E-state index < -0.39 is 0 Å². The van der Waals surface area contributed by atoms with Crippen LogP contribution in [0.3, 0.4) is 0 Å². The van der Waals surface area contributed by atoms with Gasteiger partial charge in [0.25, 0.3) is 0 Å². The molecule has 2 aromatic carbocycles. The maximum atomic E-state index is 2.41. The number of hydrogen-bond acceptors (Lipinski definition) is 0. The second-order valence-corrected chi connectivity index (χ2v) is 7.56. The molecule has 0 atom stereocenters. The van der Waals surface area contributed by atoms with Crippen molar-refractivity contribution >= 4 is 69.1 Å². The summed E-state index contributed by atoms with van der Waals surface area (Å²) in [4.78, 5) is 0. The van der Waals surface area contributed by atoms with Crippen molar-refractivity contribution in [2.45, 2.75) is 0 Å². The molecule has 0 N–H and O–H groups in total.